The van der Waals surface area contributed by atoms with Gasteiger partial charge in [0.25, 0.3) is 15.7 Å². The first-order chi connectivity index (χ1) is 20.1. The Bertz CT molecular complexity index is 1700. The van der Waals surface area contributed by atoms with Gasteiger partial charge in [0.2, 0.25) is 0 Å². The highest BCUT2D eigenvalue weighted by Gasteiger charge is 2.49. The van der Waals surface area contributed by atoms with Crippen LogP contribution < -0.4 is 11.2 Å². The molecule has 0 amide bonds. The van der Waals surface area contributed by atoms with E-state index in [0.29, 0.717) is 0 Å². The van der Waals surface area contributed by atoms with Gasteiger partial charge in [-0.2, -0.15) is 8.42 Å². The number of hydrogen-bond acceptors (Lipinski definition) is 7. The number of ether oxygens (including phenoxy) is 2. The van der Waals surface area contributed by atoms with Crippen LogP contribution in [0.25, 0.3) is 0 Å². The van der Waals surface area contributed by atoms with E-state index < -0.39 is 51.3 Å². The molecule has 2 heterocycles. The molecule has 0 spiro atoms. The van der Waals surface area contributed by atoms with Crippen molar-refractivity contribution in [3.63, 3.8) is 0 Å². The van der Waals surface area contributed by atoms with Crippen molar-refractivity contribution >= 4 is 10.1 Å². The highest BCUT2D eigenvalue weighted by molar-refractivity contribution is 7.86. The molecule has 1 fully saturated rings. The summed E-state index contributed by atoms with van der Waals surface area (Å²) in [5.74, 6) is 1.68. The van der Waals surface area contributed by atoms with E-state index in [1.165, 1.54) is 13.1 Å². The third kappa shape index (κ3) is 5.73. The molecule has 1 aliphatic heterocycles. The molecular weight excluding hydrogens is 556 g/mol. The number of aromatic nitrogens is 2. The largest absolute Gasteiger partial charge is 0.358 e. The van der Waals surface area contributed by atoms with Gasteiger partial charge in [-0.3, -0.25) is 18.5 Å². The highest BCUT2D eigenvalue weighted by atomic mass is 32.2. The number of terminal acetylenes is 1. The van der Waals surface area contributed by atoms with E-state index in [1.807, 2.05) is 91.0 Å². The normalized spacial score (nSPS) is 20.7. The van der Waals surface area contributed by atoms with Crippen LogP contribution in [-0.2, 0) is 29.4 Å². The average molecular weight is 587 g/mol. The highest BCUT2D eigenvalue weighted by Crippen LogP contribution is 2.43. The molecule has 10 heteroatoms. The van der Waals surface area contributed by atoms with Crippen LogP contribution in [0.5, 0.6) is 0 Å². The number of nitrogens with zero attached hydrogens (tertiary/aromatic N) is 1. The summed E-state index contributed by atoms with van der Waals surface area (Å²) >= 11 is 0. The zero-order valence-electron chi connectivity index (χ0n) is 23.0. The first-order valence-electron chi connectivity index (χ1n) is 13.3. The molecule has 1 unspecified atom stereocenters. The van der Waals surface area contributed by atoms with E-state index in [-0.39, 0.29) is 12.2 Å². The number of rotatable bonds is 9. The third-order valence-electron chi connectivity index (χ3n) is 7.25. The smallest absolute Gasteiger partial charge is 0.330 e. The number of aryl methyl sites for hydroxylation is 1. The molecule has 1 aromatic heterocycles. The van der Waals surface area contributed by atoms with Crippen molar-refractivity contribution in [2.24, 2.45) is 5.92 Å². The van der Waals surface area contributed by atoms with Crippen molar-refractivity contribution in [1.82, 2.24) is 9.55 Å². The number of nitrogens with one attached hydrogen (secondary N) is 1. The molecule has 9 nitrogen and oxygen atoms in total. The van der Waals surface area contributed by atoms with Gasteiger partial charge in [0.05, 0.1) is 18.8 Å². The van der Waals surface area contributed by atoms with Crippen LogP contribution in [-0.4, -0.2) is 43.0 Å². The molecule has 1 aliphatic rings. The summed E-state index contributed by atoms with van der Waals surface area (Å²) in [6.45, 7) is 1.42. The molecule has 0 bridgehead atoms. The van der Waals surface area contributed by atoms with E-state index in [9.17, 15) is 18.0 Å². The average Bonchev–Trinajstić information content (AvgIpc) is 3.32. The predicted molar refractivity (Wildman–Crippen MR) is 157 cm³/mol. The maximum Gasteiger partial charge on any atom is 0.330 e. The fourth-order valence-corrected chi connectivity index (χ4v) is 5.98. The summed E-state index contributed by atoms with van der Waals surface area (Å²) in [5, 5.41) is 0. The molecule has 4 atom stereocenters. The molecule has 216 valence electrons. The summed E-state index contributed by atoms with van der Waals surface area (Å²) in [6, 6.07) is 29.1. The van der Waals surface area contributed by atoms with Gasteiger partial charge in [0.15, 0.2) is 6.23 Å². The van der Waals surface area contributed by atoms with Crippen LogP contribution in [0.4, 0.5) is 0 Å². The Morgan fingerprint density at radius 2 is 1.43 bits per heavy atom. The summed E-state index contributed by atoms with van der Waals surface area (Å²) in [5.41, 5.74) is 0.332. The van der Waals surface area contributed by atoms with Crippen molar-refractivity contribution < 1.29 is 22.1 Å². The predicted octanol–water partition coefficient (Wildman–Crippen LogP) is 3.35. The lowest BCUT2D eigenvalue weighted by Gasteiger charge is -2.37. The molecule has 3 aromatic carbocycles. The minimum atomic E-state index is -4.02. The Balaban J connectivity index is 1.60. The van der Waals surface area contributed by atoms with Gasteiger partial charge >= 0.3 is 5.69 Å². The van der Waals surface area contributed by atoms with Crippen LogP contribution in [0.2, 0.25) is 0 Å². The second kappa shape index (κ2) is 11.9. The lowest BCUT2D eigenvalue weighted by Crippen LogP contribution is -2.39. The van der Waals surface area contributed by atoms with Gasteiger partial charge in [-0.05, 0) is 23.6 Å². The monoisotopic (exact) mass is 586 g/mol. The van der Waals surface area contributed by atoms with Crippen LogP contribution in [0.3, 0.4) is 0 Å². The number of aromatic amines is 1. The maximum absolute atomic E-state index is 12.8. The van der Waals surface area contributed by atoms with E-state index in [0.717, 1.165) is 27.5 Å². The van der Waals surface area contributed by atoms with Gasteiger partial charge in [0.1, 0.15) is 17.8 Å². The third-order valence-corrected chi connectivity index (χ3v) is 7.82. The first kappa shape index (κ1) is 29.2. The minimum absolute atomic E-state index is 0.0925. The van der Waals surface area contributed by atoms with Crippen molar-refractivity contribution in [2.45, 2.75) is 31.0 Å². The van der Waals surface area contributed by atoms with Gasteiger partial charge in [0, 0.05) is 11.8 Å². The first-order valence-corrected chi connectivity index (χ1v) is 15.1. The van der Waals surface area contributed by atoms with E-state index in [4.69, 9.17) is 20.1 Å². The van der Waals surface area contributed by atoms with Crippen LogP contribution >= 0.6 is 0 Å². The molecule has 0 radical (unpaired) electrons. The zero-order valence-corrected chi connectivity index (χ0v) is 23.9. The van der Waals surface area contributed by atoms with E-state index in [2.05, 4.69) is 10.9 Å². The lowest BCUT2D eigenvalue weighted by molar-refractivity contribution is -0.0872. The summed E-state index contributed by atoms with van der Waals surface area (Å²) < 4.78 is 44.2. The maximum atomic E-state index is 12.8. The van der Waals surface area contributed by atoms with Crippen LogP contribution in [0.1, 0.15) is 28.5 Å². The number of hydrogen-bond donors (Lipinski definition) is 1. The second-order valence-corrected chi connectivity index (χ2v) is 11.7. The molecular formula is C32H30N2O7S. The van der Waals surface area contributed by atoms with Gasteiger partial charge in [-0.15, -0.1) is 6.42 Å². The molecule has 4 aromatic rings. The van der Waals surface area contributed by atoms with Gasteiger partial charge in [-0.1, -0.05) is 96.9 Å². The van der Waals surface area contributed by atoms with E-state index >= 15 is 0 Å². The zero-order chi connectivity index (χ0) is 29.9. The Kier molecular flexibility index (Phi) is 8.29. The fourth-order valence-electron chi connectivity index (χ4n) is 5.36. The van der Waals surface area contributed by atoms with Crippen LogP contribution in [0.15, 0.2) is 107 Å². The summed E-state index contributed by atoms with van der Waals surface area (Å²) in [4.78, 5) is 27.1. The van der Waals surface area contributed by atoms with Crippen LogP contribution in [0, 0.1) is 25.2 Å². The molecule has 1 saturated heterocycles. The molecule has 0 saturated carbocycles. The number of benzene rings is 3. The second-order valence-electron chi connectivity index (χ2n) is 10.1. The Labute approximate surface area is 243 Å². The molecule has 0 aliphatic carbocycles. The topological polar surface area (TPSA) is 117 Å². The summed E-state index contributed by atoms with van der Waals surface area (Å²) in [7, 11) is -4.02. The fraction of sp³-hybridized carbons (Fsp3) is 0.250. The quantitative estimate of drug-likeness (QED) is 0.182. The van der Waals surface area contributed by atoms with Crippen molar-refractivity contribution in [1.29, 1.82) is 0 Å². The lowest BCUT2D eigenvalue weighted by atomic mass is 9.80. The SMILES string of the molecule is C#C[C@H]1[C@H](OS(C)(=O)=O)C(n2cc(C)c(=O)[nH]c2=O)O[C@@H]1COC(c1ccccc1)(c1ccccc1)c1ccccc1. The van der Waals surface area contributed by atoms with Gasteiger partial charge in [-0.25, -0.2) is 4.79 Å². The Morgan fingerprint density at radius 1 is 0.929 bits per heavy atom. The Morgan fingerprint density at radius 3 is 1.88 bits per heavy atom. The Hall–Kier alpha value is -4.27. The van der Waals surface area contributed by atoms with Gasteiger partial charge < -0.3 is 9.47 Å². The van der Waals surface area contributed by atoms with Crippen molar-refractivity contribution in [3.05, 3.63) is 140 Å². The number of H-pyrrole nitrogens is 1. The molecule has 5 rings (SSSR count). The molecule has 42 heavy (non-hydrogen) atoms. The van der Waals surface area contributed by atoms with E-state index in [1.54, 1.807) is 0 Å². The van der Waals surface area contributed by atoms with Crippen molar-refractivity contribution in [3.8, 4) is 12.3 Å². The standard InChI is InChI=1S/C32H30N2O7S/c1-4-26-27(40-30(28(26)41-42(3,37)38)34-20-22(2)29(35)33-31(34)36)21-39-32(23-14-8-5-9-15-23,24-16-10-6-11-17-24)25-18-12-7-13-19-25/h1,5-20,26-28,30H,21H2,2-3H3,(H,33,35,36)/t26-,27-,28+,30?/m1/s1. The molecule has 1 N–H and O–H groups in total. The van der Waals surface area contributed by atoms with Crippen molar-refractivity contribution in [2.75, 3.05) is 12.9 Å². The summed E-state index contributed by atoms with van der Waals surface area (Å²) in [6.07, 6.45) is 4.72. The minimum Gasteiger partial charge on any atom is -0.358 e.